The second-order valence-electron chi connectivity index (χ2n) is 3.94. The van der Waals surface area contributed by atoms with Gasteiger partial charge in [-0.15, -0.1) is 0 Å². The van der Waals surface area contributed by atoms with Gasteiger partial charge in [-0.3, -0.25) is 9.78 Å². The molecule has 2 aromatic rings. The van der Waals surface area contributed by atoms with Crippen LogP contribution in [-0.4, -0.2) is 17.9 Å². The molecule has 1 amide bonds. The number of hydrogen-bond acceptors (Lipinski definition) is 3. The zero-order valence-electron chi connectivity index (χ0n) is 10.4. The third-order valence-corrected chi connectivity index (χ3v) is 2.73. The number of benzene rings is 1. The number of amides is 1. The van der Waals surface area contributed by atoms with Crippen LogP contribution in [0, 0.1) is 6.92 Å². The van der Waals surface area contributed by atoms with Gasteiger partial charge in [-0.25, -0.2) is 0 Å². The van der Waals surface area contributed by atoms with Gasteiger partial charge >= 0.3 is 0 Å². The molecule has 0 saturated carbocycles. The van der Waals surface area contributed by atoms with E-state index >= 15 is 0 Å². The van der Waals surface area contributed by atoms with E-state index in [-0.39, 0.29) is 5.91 Å². The second-order valence-corrected chi connectivity index (χ2v) is 3.94. The van der Waals surface area contributed by atoms with E-state index in [9.17, 15) is 4.79 Å². The minimum Gasteiger partial charge on any atom is -0.387 e. The smallest absolute Gasteiger partial charge is 0.259 e. The van der Waals surface area contributed by atoms with Crippen LogP contribution in [0.2, 0.25) is 0 Å². The normalized spacial score (nSPS) is 9.89. The highest BCUT2D eigenvalue weighted by Crippen LogP contribution is 2.17. The van der Waals surface area contributed by atoms with Crippen molar-refractivity contribution < 1.29 is 4.79 Å². The van der Waals surface area contributed by atoms with Gasteiger partial charge in [-0.1, -0.05) is 18.2 Å². The summed E-state index contributed by atoms with van der Waals surface area (Å²) in [6.07, 6.45) is 3.20. The fourth-order valence-corrected chi connectivity index (χ4v) is 1.70. The summed E-state index contributed by atoms with van der Waals surface area (Å²) in [4.78, 5) is 16.1. The number of carbonyl (C=O) groups is 1. The predicted molar refractivity (Wildman–Crippen MR) is 72.9 cm³/mol. The van der Waals surface area contributed by atoms with Gasteiger partial charge in [-0.2, -0.15) is 0 Å². The molecule has 4 heteroatoms. The lowest BCUT2D eigenvalue weighted by Crippen LogP contribution is -2.14. The third-order valence-electron chi connectivity index (χ3n) is 2.73. The second kappa shape index (κ2) is 5.31. The molecule has 0 aliphatic carbocycles. The Hall–Kier alpha value is -2.36. The fraction of sp³-hybridized carbons (Fsp3) is 0.143. The van der Waals surface area contributed by atoms with Gasteiger partial charge < -0.3 is 10.6 Å². The van der Waals surface area contributed by atoms with Crippen molar-refractivity contribution in [3.63, 3.8) is 0 Å². The van der Waals surface area contributed by atoms with Crippen molar-refractivity contribution in [2.75, 3.05) is 17.7 Å². The highest BCUT2D eigenvalue weighted by Gasteiger charge is 2.11. The van der Waals surface area contributed by atoms with Gasteiger partial charge in [-0.05, 0) is 24.6 Å². The molecule has 0 spiro atoms. The highest BCUT2D eigenvalue weighted by molar-refractivity contribution is 6.08. The van der Waals surface area contributed by atoms with Crippen LogP contribution in [0.15, 0.2) is 42.7 Å². The van der Waals surface area contributed by atoms with Crippen molar-refractivity contribution in [3.05, 3.63) is 53.9 Å². The molecule has 0 saturated heterocycles. The quantitative estimate of drug-likeness (QED) is 0.868. The Labute approximate surface area is 106 Å². The first-order valence-corrected chi connectivity index (χ1v) is 5.71. The summed E-state index contributed by atoms with van der Waals surface area (Å²) in [5, 5.41) is 5.86. The van der Waals surface area contributed by atoms with Gasteiger partial charge in [0.05, 0.1) is 5.56 Å². The molecule has 0 aliphatic heterocycles. The van der Waals surface area contributed by atoms with Gasteiger partial charge in [0.1, 0.15) is 0 Å². The molecule has 2 rings (SSSR count). The molecule has 0 unspecified atom stereocenters. The first-order valence-electron chi connectivity index (χ1n) is 5.71. The number of anilines is 2. The third kappa shape index (κ3) is 2.48. The van der Waals surface area contributed by atoms with E-state index in [1.165, 1.54) is 0 Å². The number of carbonyl (C=O) groups excluding carboxylic acids is 1. The van der Waals surface area contributed by atoms with E-state index in [2.05, 4.69) is 15.6 Å². The SMILES string of the molecule is CNc1ccncc1C(=O)Nc1ccccc1C. The average molecular weight is 241 g/mol. The summed E-state index contributed by atoms with van der Waals surface area (Å²) in [5.41, 5.74) is 3.13. The van der Waals surface area contributed by atoms with E-state index < -0.39 is 0 Å². The van der Waals surface area contributed by atoms with Crippen molar-refractivity contribution >= 4 is 17.3 Å². The van der Waals surface area contributed by atoms with Crippen molar-refractivity contribution in [3.8, 4) is 0 Å². The molecule has 0 aliphatic rings. The molecule has 0 bridgehead atoms. The van der Waals surface area contributed by atoms with Gasteiger partial charge in [0.25, 0.3) is 5.91 Å². The van der Waals surface area contributed by atoms with E-state index in [0.29, 0.717) is 5.56 Å². The fourth-order valence-electron chi connectivity index (χ4n) is 1.70. The Kier molecular flexibility index (Phi) is 3.57. The zero-order valence-corrected chi connectivity index (χ0v) is 10.4. The van der Waals surface area contributed by atoms with Crippen LogP contribution in [0.4, 0.5) is 11.4 Å². The van der Waals surface area contributed by atoms with Crippen molar-refractivity contribution in [2.45, 2.75) is 6.92 Å². The Balaban J connectivity index is 2.25. The van der Waals surface area contributed by atoms with Crippen LogP contribution in [0.3, 0.4) is 0 Å². The number of aryl methyl sites for hydroxylation is 1. The number of nitrogens with zero attached hydrogens (tertiary/aromatic N) is 1. The first-order chi connectivity index (χ1) is 8.72. The minimum atomic E-state index is -0.165. The molecule has 18 heavy (non-hydrogen) atoms. The molecule has 0 radical (unpaired) electrons. The molecule has 2 N–H and O–H groups in total. The number of para-hydroxylation sites is 1. The highest BCUT2D eigenvalue weighted by atomic mass is 16.1. The van der Waals surface area contributed by atoms with Crippen molar-refractivity contribution in [1.29, 1.82) is 0 Å². The Bertz CT molecular complexity index is 566. The predicted octanol–water partition coefficient (Wildman–Crippen LogP) is 2.68. The maximum atomic E-state index is 12.2. The van der Waals surface area contributed by atoms with Crippen LogP contribution < -0.4 is 10.6 Å². The van der Waals surface area contributed by atoms with E-state index in [1.54, 1.807) is 25.5 Å². The van der Waals surface area contributed by atoms with E-state index in [0.717, 1.165) is 16.9 Å². The van der Waals surface area contributed by atoms with E-state index in [4.69, 9.17) is 0 Å². The first kappa shape index (κ1) is 12.1. The summed E-state index contributed by atoms with van der Waals surface area (Å²) in [6.45, 7) is 1.96. The van der Waals surface area contributed by atoms with Gasteiger partial charge in [0.2, 0.25) is 0 Å². The lowest BCUT2D eigenvalue weighted by atomic mass is 10.1. The molecule has 1 aromatic heterocycles. The molecular weight excluding hydrogens is 226 g/mol. The summed E-state index contributed by atoms with van der Waals surface area (Å²) in [6, 6.07) is 9.44. The van der Waals surface area contributed by atoms with Crippen LogP contribution in [0.25, 0.3) is 0 Å². The van der Waals surface area contributed by atoms with Gasteiger partial charge in [0, 0.05) is 30.8 Å². The zero-order chi connectivity index (χ0) is 13.0. The van der Waals surface area contributed by atoms with Crippen LogP contribution in [-0.2, 0) is 0 Å². The minimum absolute atomic E-state index is 0.165. The molecular formula is C14H15N3O. The van der Waals surface area contributed by atoms with Crippen LogP contribution >= 0.6 is 0 Å². The number of nitrogens with one attached hydrogen (secondary N) is 2. The summed E-state index contributed by atoms with van der Waals surface area (Å²) < 4.78 is 0. The Morgan fingerprint density at radius 2 is 1.94 bits per heavy atom. The summed E-state index contributed by atoms with van der Waals surface area (Å²) >= 11 is 0. The summed E-state index contributed by atoms with van der Waals surface area (Å²) in [5.74, 6) is -0.165. The molecule has 1 heterocycles. The van der Waals surface area contributed by atoms with Crippen LogP contribution in [0.1, 0.15) is 15.9 Å². The number of rotatable bonds is 3. The summed E-state index contributed by atoms with van der Waals surface area (Å²) in [7, 11) is 1.78. The maximum Gasteiger partial charge on any atom is 0.259 e. The monoisotopic (exact) mass is 241 g/mol. The lowest BCUT2D eigenvalue weighted by Gasteiger charge is -2.10. The number of aromatic nitrogens is 1. The average Bonchev–Trinajstić information content (AvgIpc) is 2.41. The molecule has 1 aromatic carbocycles. The Morgan fingerprint density at radius 1 is 1.17 bits per heavy atom. The topological polar surface area (TPSA) is 54.0 Å². The van der Waals surface area contributed by atoms with Crippen LogP contribution in [0.5, 0.6) is 0 Å². The van der Waals surface area contributed by atoms with Crippen molar-refractivity contribution in [2.24, 2.45) is 0 Å². The molecule has 0 fully saturated rings. The molecule has 92 valence electrons. The number of pyridine rings is 1. The van der Waals surface area contributed by atoms with Crippen molar-refractivity contribution in [1.82, 2.24) is 4.98 Å². The molecule has 0 atom stereocenters. The standard InChI is InChI=1S/C14H15N3O/c1-10-5-3-4-6-12(10)17-14(18)11-9-16-8-7-13(11)15-2/h3-9H,1-2H3,(H,15,16)(H,17,18). The van der Waals surface area contributed by atoms with E-state index in [1.807, 2.05) is 31.2 Å². The van der Waals surface area contributed by atoms with Gasteiger partial charge in [0.15, 0.2) is 0 Å². The Morgan fingerprint density at radius 3 is 2.67 bits per heavy atom. The lowest BCUT2D eigenvalue weighted by molar-refractivity contribution is 0.102. The largest absolute Gasteiger partial charge is 0.387 e. The maximum absolute atomic E-state index is 12.2. The number of hydrogen-bond donors (Lipinski definition) is 2. The molecule has 4 nitrogen and oxygen atoms in total.